The summed E-state index contributed by atoms with van der Waals surface area (Å²) >= 11 is 0. The van der Waals surface area contributed by atoms with Crippen molar-refractivity contribution in [1.82, 2.24) is 4.90 Å². The monoisotopic (exact) mass is 380 g/mol. The molecule has 0 aromatic heterocycles. The van der Waals surface area contributed by atoms with Crippen LogP contribution in [0.25, 0.3) is 0 Å². The fourth-order valence-corrected chi connectivity index (χ4v) is 3.20. The van der Waals surface area contributed by atoms with Crippen molar-refractivity contribution < 1.29 is 13.6 Å². The van der Waals surface area contributed by atoms with Crippen LogP contribution < -0.4 is 5.73 Å². The average molecular weight is 381 g/mol. The van der Waals surface area contributed by atoms with Crippen LogP contribution in [0.5, 0.6) is 0 Å². The summed E-state index contributed by atoms with van der Waals surface area (Å²) in [5, 5.41) is 0. The second-order valence-corrected chi connectivity index (χ2v) is 6.50. The maximum absolute atomic E-state index is 13.9. The molecule has 6 heteroatoms. The minimum atomic E-state index is -0.473. The molecular formula is C20H23ClF2N2O. The minimum absolute atomic E-state index is 0. The highest BCUT2D eigenvalue weighted by Gasteiger charge is 2.46. The molecule has 0 radical (unpaired) electrons. The van der Waals surface area contributed by atoms with E-state index in [4.69, 9.17) is 5.73 Å². The van der Waals surface area contributed by atoms with Crippen LogP contribution in [0.2, 0.25) is 0 Å². The summed E-state index contributed by atoms with van der Waals surface area (Å²) < 4.78 is 27.3. The molecule has 0 saturated heterocycles. The number of benzene rings is 2. The number of hydrogen-bond donors (Lipinski definition) is 1. The second-order valence-electron chi connectivity index (χ2n) is 6.50. The molecule has 2 aromatic carbocycles. The zero-order valence-electron chi connectivity index (χ0n) is 14.4. The van der Waals surface area contributed by atoms with E-state index in [1.165, 1.54) is 6.07 Å². The van der Waals surface area contributed by atoms with Crippen molar-refractivity contribution in [2.24, 2.45) is 11.7 Å². The van der Waals surface area contributed by atoms with Crippen molar-refractivity contribution >= 4 is 18.3 Å². The molecule has 0 aliphatic heterocycles. The van der Waals surface area contributed by atoms with E-state index in [0.717, 1.165) is 17.7 Å². The largest absolute Gasteiger partial charge is 0.338 e. The van der Waals surface area contributed by atoms with Crippen LogP contribution in [0.4, 0.5) is 8.78 Å². The molecule has 1 fully saturated rings. The summed E-state index contributed by atoms with van der Waals surface area (Å²) in [5.74, 6) is -1.44. The van der Waals surface area contributed by atoms with Crippen molar-refractivity contribution in [2.45, 2.75) is 25.3 Å². The lowest BCUT2D eigenvalue weighted by Gasteiger charge is -2.23. The summed E-state index contributed by atoms with van der Waals surface area (Å²) in [4.78, 5) is 14.6. The van der Waals surface area contributed by atoms with E-state index in [0.29, 0.717) is 38.0 Å². The van der Waals surface area contributed by atoms with Gasteiger partial charge in [-0.25, -0.2) is 8.78 Å². The molecule has 26 heavy (non-hydrogen) atoms. The maximum atomic E-state index is 13.9. The van der Waals surface area contributed by atoms with Crippen molar-refractivity contribution in [2.75, 3.05) is 13.1 Å². The lowest BCUT2D eigenvalue weighted by atomic mass is 10.1. The van der Waals surface area contributed by atoms with Gasteiger partial charge in [0.15, 0.2) is 0 Å². The topological polar surface area (TPSA) is 46.3 Å². The first-order valence-electron chi connectivity index (χ1n) is 8.58. The van der Waals surface area contributed by atoms with Gasteiger partial charge in [-0.15, -0.1) is 12.4 Å². The Morgan fingerprint density at radius 2 is 1.88 bits per heavy atom. The standard InChI is InChI=1S/C20H22F2N2O.ClH/c21-15-7-8-19(22)17(11-15)16-12-18(16)20(25)24(10-4-9-23)13-14-5-2-1-3-6-14;/h1-3,5-8,11,16,18H,4,9-10,12-13,23H2;1H. The van der Waals surface area contributed by atoms with Gasteiger partial charge in [0.05, 0.1) is 0 Å². The maximum Gasteiger partial charge on any atom is 0.226 e. The van der Waals surface area contributed by atoms with Gasteiger partial charge >= 0.3 is 0 Å². The number of amides is 1. The van der Waals surface area contributed by atoms with Crippen LogP contribution in [0.15, 0.2) is 48.5 Å². The molecule has 0 heterocycles. The lowest BCUT2D eigenvalue weighted by molar-refractivity contribution is -0.133. The highest BCUT2D eigenvalue weighted by molar-refractivity contribution is 5.85. The molecule has 2 aromatic rings. The van der Waals surface area contributed by atoms with E-state index in [1.807, 2.05) is 30.3 Å². The molecule has 2 N–H and O–H groups in total. The SMILES string of the molecule is Cl.NCCCN(Cc1ccccc1)C(=O)C1CC1c1cc(F)ccc1F. The van der Waals surface area contributed by atoms with Crippen LogP contribution in [0.1, 0.15) is 29.9 Å². The molecule has 2 atom stereocenters. The number of nitrogens with zero attached hydrogens (tertiary/aromatic N) is 1. The average Bonchev–Trinajstić information content (AvgIpc) is 3.41. The molecular weight excluding hydrogens is 358 g/mol. The van der Waals surface area contributed by atoms with Crippen molar-refractivity contribution in [3.05, 3.63) is 71.3 Å². The molecule has 1 amide bonds. The third-order valence-electron chi connectivity index (χ3n) is 4.63. The second kappa shape index (κ2) is 9.10. The van der Waals surface area contributed by atoms with Gasteiger partial charge in [0, 0.05) is 19.0 Å². The van der Waals surface area contributed by atoms with E-state index in [-0.39, 0.29) is 30.2 Å². The summed E-state index contributed by atoms with van der Waals surface area (Å²) in [7, 11) is 0. The smallest absolute Gasteiger partial charge is 0.226 e. The number of hydrogen-bond acceptors (Lipinski definition) is 2. The molecule has 1 aliphatic carbocycles. The van der Waals surface area contributed by atoms with Crippen LogP contribution in [0, 0.1) is 17.6 Å². The Morgan fingerprint density at radius 1 is 1.15 bits per heavy atom. The third kappa shape index (κ3) is 4.80. The fraction of sp³-hybridized carbons (Fsp3) is 0.350. The summed E-state index contributed by atoms with van der Waals surface area (Å²) in [6.45, 7) is 1.58. The van der Waals surface area contributed by atoms with Crippen molar-refractivity contribution in [3.8, 4) is 0 Å². The predicted molar refractivity (Wildman–Crippen MR) is 100.0 cm³/mol. The lowest BCUT2D eigenvalue weighted by Crippen LogP contribution is -2.34. The molecule has 3 nitrogen and oxygen atoms in total. The molecule has 0 spiro atoms. The van der Waals surface area contributed by atoms with Gasteiger partial charge in [-0.3, -0.25) is 4.79 Å². The Morgan fingerprint density at radius 3 is 2.58 bits per heavy atom. The zero-order chi connectivity index (χ0) is 17.8. The first-order valence-corrected chi connectivity index (χ1v) is 8.58. The van der Waals surface area contributed by atoms with Crippen molar-refractivity contribution in [3.63, 3.8) is 0 Å². The fourth-order valence-electron chi connectivity index (χ4n) is 3.20. The van der Waals surface area contributed by atoms with Gasteiger partial charge in [0.25, 0.3) is 0 Å². The van der Waals surface area contributed by atoms with E-state index in [9.17, 15) is 13.6 Å². The zero-order valence-corrected chi connectivity index (χ0v) is 15.2. The number of nitrogens with two attached hydrogens (primary N) is 1. The minimum Gasteiger partial charge on any atom is -0.338 e. The molecule has 1 aliphatic rings. The van der Waals surface area contributed by atoms with E-state index in [1.54, 1.807) is 4.90 Å². The normalized spacial score (nSPS) is 18.1. The van der Waals surface area contributed by atoms with Crippen LogP contribution in [-0.4, -0.2) is 23.9 Å². The van der Waals surface area contributed by atoms with Crippen molar-refractivity contribution in [1.29, 1.82) is 0 Å². The first kappa shape index (κ1) is 20.3. The van der Waals surface area contributed by atoms with Gasteiger partial charge < -0.3 is 10.6 Å². The summed E-state index contributed by atoms with van der Waals surface area (Å²) in [5.41, 5.74) is 6.93. The number of rotatable bonds is 7. The number of carbonyl (C=O) groups is 1. The first-order chi connectivity index (χ1) is 12.1. The Labute approximate surface area is 158 Å². The van der Waals surface area contributed by atoms with Crippen LogP contribution in [0.3, 0.4) is 0 Å². The van der Waals surface area contributed by atoms with Crippen LogP contribution >= 0.6 is 12.4 Å². The van der Waals surface area contributed by atoms with Crippen LogP contribution in [-0.2, 0) is 11.3 Å². The third-order valence-corrected chi connectivity index (χ3v) is 4.63. The Bertz CT molecular complexity index is 742. The van der Waals surface area contributed by atoms with Gasteiger partial charge in [-0.2, -0.15) is 0 Å². The Hall–Kier alpha value is -1.98. The van der Waals surface area contributed by atoms with E-state index < -0.39 is 11.6 Å². The van der Waals surface area contributed by atoms with Gasteiger partial charge in [0.2, 0.25) is 5.91 Å². The Kier molecular flexibility index (Phi) is 7.12. The summed E-state index contributed by atoms with van der Waals surface area (Å²) in [6.07, 6.45) is 1.28. The molecule has 3 rings (SSSR count). The van der Waals surface area contributed by atoms with E-state index >= 15 is 0 Å². The molecule has 140 valence electrons. The number of carbonyl (C=O) groups excluding carboxylic acids is 1. The predicted octanol–water partition coefficient (Wildman–Crippen LogP) is 3.87. The highest BCUT2D eigenvalue weighted by atomic mass is 35.5. The molecule has 0 bridgehead atoms. The molecule has 2 unspecified atom stereocenters. The van der Waals surface area contributed by atoms with Gasteiger partial charge in [-0.05, 0) is 54.6 Å². The van der Waals surface area contributed by atoms with Gasteiger partial charge in [0.1, 0.15) is 11.6 Å². The van der Waals surface area contributed by atoms with Gasteiger partial charge in [-0.1, -0.05) is 30.3 Å². The quantitative estimate of drug-likeness (QED) is 0.792. The molecule has 1 saturated carbocycles. The van der Waals surface area contributed by atoms with E-state index in [2.05, 4.69) is 0 Å². The summed E-state index contributed by atoms with van der Waals surface area (Å²) in [6, 6.07) is 13.2. The number of halogens is 3. The Balaban J connectivity index is 0.00000243. The highest BCUT2D eigenvalue weighted by Crippen LogP contribution is 2.49.